The lowest BCUT2D eigenvalue weighted by atomic mass is 9.98. The Morgan fingerprint density at radius 2 is 1.63 bits per heavy atom. The number of benzene rings is 3. The number of carbonyl (C=O) groups is 1. The second-order valence-electron chi connectivity index (χ2n) is 11.7. The molecule has 41 heavy (non-hydrogen) atoms. The van der Waals surface area contributed by atoms with Gasteiger partial charge in [0.15, 0.2) is 11.5 Å². The van der Waals surface area contributed by atoms with Crippen molar-refractivity contribution in [3.8, 4) is 22.6 Å². The smallest absolute Gasteiger partial charge is 0.254 e. The minimum absolute atomic E-state index is 0.138. The van der Waals surface area contributed by atoms with Crippen LogP contribution >= 0.6 is 0 Å². The van der Waals surface area contributed by atoms with Crippen molar-refractivity contribution in [3.63, 3.8) is 0 Å². The Balaban J connectivity index is 1.24. The van der Waals surface area contributed by atoms with Gasteiger partial charge in [-0.2, -0.15) is 0 Å². The van der Waals surface area contributed by atoms with Crippen LogP contribution in [-0.2, 0) is 12.8 Å². The summed E-state index contributed by atoms with van der Waals surface area (Å²) in [5, 5.41) is 0.913. The van der Waals surface area contributed by atoms with Crippen molar-refractivity contribution in [2.75, 3.05) is 33.0 Å². The first-order valence-electron chi connectivity index (χ1n) is 15.0. The van der Waals surface area contributed by atoms with Crippen LogP contribution in [0.15, 0.2) is 66.7 Å². The summed E-state index contributed by atoms with van der Waals surface area (Å²) in [5.74, 6) is 1.66. The predicted molar refractivity (Wildman–Crippen MR) is 162 cm³/mol. The van der Waals surface area contributed by atoms with Crippen LogP contribution in [0.5, 0.6) is 11.5 Å². The molecule has 4 aromatic rings. The normalized spacial score (nSPS) is 18.5. The fourth-order valence-corrected chi connectivity index (χ4v) is 6.58. The van der Waals surface area contributed by atoms with Gasteiger partial charge < -0.3 is 19.3 Å². The van der Waals surface area contributed by atoms with E-state index in [1.165, 1.54) is 24.0 Å². The van der Waals surface area contributed by atoms with Gasteiger partial charge in [-0.15, -0.1) is 0 Å². The van der Waals surface area contributed by atoms with Gasteiger partial charge in [-0.1, -0.05) is 42.0 Å². The van der Waals surface area contributed by atoms with Crippen LogP contribution in [-0.4, -0.2) is 59.7 Å². The van der Waals surface area contributed by atoms with Gasteiger partial charge in [0.25, 0.3) is 5.91 Å². The standard InChI is InChI=1S/C35H37N3O3/c1-24-6-8-25(9-7-24)10-13-28-21-31(35(39)38-18-4-5-29(38)22-37-16-2-3-17-37)30-19-26(11-14-32(30)36-28)27-12-15-33-34(20-27)41-23-40-33/h6-9,11-12,14-15,19-21,29H,2-5,10,13,16-18,22-23H2,1H3/t29-/m0/s1. The maximum atomic E-state index is 14.4. The number of carbonyl (C=O) groups excluding carboxylic acids is 1. The molecular formula is C35H37N3O3. The Morgan fingerprint density at radius 3 is 2.49 bits per heavy atom. The molecule has 3 aliphatic rings. The molecule has 0 saturated carbocycles. The number of hydrogen-bond acceptors (Lipinski definition) is 5. The number of fused-ring (bicyclic) bond motifs is 2. The molecular weight excluding hydrogens is 510 g/mol. The quantitative estimate of drug-likeness (QED) is 0.267. The molecule has 0 radical (unpaired) electrons. The summed E-state index contributed by atoms with van der Waals surface area (Å²) < 4.78 is 11.1. The third kappa shape index (κ3) is 5.41. The number of aromatic nitrogens is 1. The number of ether oxygens (including phenoxy) is 2. The van der Waals surface area contributed by atoms with Gasteiger partial charge in [0.2, 0.25) is 6.79 Å². The van der Waals surface area contributed by atoms with Crippen molar-refractivity contribution in [3.05, 3.63) is 89.1 Å². The first-order chi connectivity index (χ1) is 20.1. The molecule has 7 rings (SSSR count). The van der Waals surface area contributed by atoms with E-state index in [0.717, 1.165) is 96.6 Å². The minimum Gasteiger partial charge on any atom is -0.454 e. The van der Waals surface area contributed by atoms with Gasteiger partial charge >= 0.3 is 0 Å². The van der Waals surface area contributed by atoms with E-state index >= 15 is 0 Å². The van der Waals surface area contributed by atoms with Crippen LogP contribution in [0.4, 0.5) is 0 Å². The van der Waals surface area contributed by atoms with E-state index in [4.69, 9.17) is 14.5 Å². The summed E-state index contributed by atoms with van der Waals surface area (Å²) in [7, 11) is 0. The summed E-state index contributed by atoms with van der Waals surface area (Å²) in [6, 6.07) is 23.3. The molecule has 6 nitrogen and oxygen atoms in total. The van der Waals surface area contributed by atoms with Gasteiger partial charge in [0.1, 0.15) is 0 Å². The topological polar surface area (TPSA) is 54.9 Å². The molecule has 0 bridgehead atoms. The molecule has 4 heterocycles. The molecule has 0 spiro atoms. The maximum Gasteiger partial charge on any atom is 0.254 e. The number of nitrogens with zero attached hydrogens (tertiary/aromatic N) is 3. The van der Waals surface area contributed by atoms with Crippen LogP contribution in [0, 0.1) is 6.92 Å². The van der Waals surface area contributed by atoms with E-state index in [0.29, 0.717) is 0 Å². The van der Waals surface area contributed by atoms with Crippen molar-refractivity contribution in [1.82, 2.24) is 14.8 Å². The number of pyridine rings is 1. The fourth-order valence-electron chi connectivity index (χ4n) is 6.58. The summed E-state index contributed by atoms with van der Waals surface area (Å²) >= 11 is 0. The molecule has 2 fully saturated rings. The summed E-state index contributed by atoms with van der Waals surface area (Å²) in [4.78, 5) is 24.1. The zero-order valence-corrected chi connectivity index (χ0v) is 23.8. The molecule has 0 N–H and O–H groups in total. The molecule has 6 heteroatoms. The Kier molecular flexibility index (Phi) is 7.09. The average molecular weight is 548 g/mol. The van der Waals surface area contributed by atoms with Crippen LogP contribution in [0.25, 0.3) is 22.0 Å². The Bertz CT molecular complexity index is 1580. The third-order valence-electron chi connectivity index (χ3n) is 8.89. The Morgan fingerprint density at radius 1 is 0.854 bits per heavy atom. The van der Waals surface area contributed by atoms with Gasteiger partial charge in [-0.25, -0.2) is 0 Å². The molecule has 0 unspecified atom stereocenters. The average Bonchev–Trinajstić information content (AvgIpc) is 3.78. The van der Waals surface area contributed by atoms with E-state index in [2.05, 4.69) is 65.3 Å². The van der Waals surface area contributed by atoms with Crippen molar-refractivity contribution in [2.45, 2.75) is 51.5 Å². The molecule has 3 aromatic carbocycles. The van der Waals surface area contributed by atoms with Gasteiger partial charge in [-0.3, -0.25) is 9.78 Å². The lowest BCUT2D eigenvalue weighted by molar-refractivity contribution is 0.0710. The van der Waals surface area contributed by atoms with Crippen LogP contribution in [0.1, 0.15) is 52.9 Å². The summed E-state index contributed by atoms with van der Waals surface area (Å²) in [6.45, 7) is 6.47. The van der Waals surface area contributed by atoms with Crippen LogP contribution in [0.3, 0.4) is 0 Å². The third-order valence-corrected chi connectivity index (χ3v) is 8.89. The zero-order chi connectivity index (χ0) is 27.8. The van der Waals surface area contributed by atoms with E-state index < -0.39 is 0 Å². The maximum absolute atomic E-state index is 14.4. The highest BCUT2D eigenvalue weighted by Crippen LogP contribution is 2.37. The molecule has 3 aliphatic heterocycles. The highest BCUT2D eigenvalue weighted by molar-refractivity contribution is 6.07. The molecule has 1 atom stereocenters. The van der Waals surface area contributed by atoms with Crippen LogP contribution < -0.4 is 9.47 Å². The minimum atomic E-state index is 0.138. The van der Waals surface area contributed by atoms with Gasteiger partial charge in [0.05, 0.1) is 11.1 Å². The fraction of sp³-hybridized carbons (Fsp3) is 0.371. The summed E-state index contributed by atoms with van der Waals surface area (Å²) in [6.07, 6.45) is 6.36. The molecule has 210 valence electrons. The van der Waals surface area contributed by atoms with Crippen molar-refractivity contribution >= 4 is 16.8 Å². The SMILES string of the molecule is Cc1ccc(CCc2cc(C(=O)N3CCC[C@H]3CN3CCCC3)c3cc(-c4ccc5c(c4)OCO5)ccc3n2)cc1. The van der Waals surface area contributed by atoms with E-state index in [1.54, 1.807) is 0 Å². The number of amides is 1. The monoisotopic (exact) mass is 547 g/mol. The second-order valence-corrected chi connectivity index (χ2v) is 11.7. The first kappa shape index (κ1) is 26.0. The molecule has 0 aliphatic carbocycles. The zero-order valence-electron chi connectivity index (χ0n) is 23.8. The highest BCUT2D eigenvalue weighted by Gasteiger charge is 2.32. The van der Waals surface area contributed by atoms with Crippen molar-refractivity contribution in [2.24, 2.45) is 0 Å². The number of aryl methyl sites for hydroxylation is 3. The highest BCUT2D eigenvalue weighted by atomic mass is 16.7. The van der Waals surface area contributed by atoms with E-state index in [1.807, 2.05) is 18.2 Å². The van der Waals surface area contributed by atoms with Crippen molar-refractivity contribution in [1.29, 1.82) is 0 Å². The van der Waals surface area contributed by atoms with Crippen LogP contribution in [0.2, 0.25) is 0 Å². The van der Waals surface area contributed by atoms with Crippen molar-refractivity contribution < 1.29 is 14.3 Å². The molecule has 1 aromatic heterocycles. The number of hydrogen-bond donors (Lipinski definition) is 0. The second kappa shape index (κ2) is 11.2. The summed E-state index contributed by atoms with van der Waals surface area (Å²) in [5.41, 5.74) is 7.22. The lowest BCUT2D eigenvalue weighted by Crippen LogP contribution is -2.42. The molecule has 2 saturated heterocycles. The number of rotatable bonds is 7. The largest absolute Gasteiger partial charge is 0.454 e. The molecule has 1 amide bonds. The predicted octanol–water partition coefficient (Wildman–Crippen LogP) is 6.42. The lowest BCUT2D eigenvalue weighted by Gasteiger charge is -2.29. The van der Waals surface area contributed by atoms with E-state index in [9.17, 15) is 4.79 Å². The first-order valence-corrected chi connectivity index (χ1v) is 15.0. The van der Waals surface area contributed by atoms with E-state index in [-0.39, 0.29) is 18.7 Å². The Hall–Kier alpha value is -3.90. The number of likely N-dealkylation sites (tertiary alicyclic amines) is 2. The van der Waals surface area contributed by atoms with Gasteiger partial charge in [0, 0.05) is 30.2 Å². The Labute approximate surface area is 241 Å². The van der Waals surface area contributed by atoms with Gasteiger partial charge in [-0.05, 0) is 106 Å².